The molecule has 1 aromatic rings. The molecule has 1 heterocycles. The van der Waals surface area contributed by atoms with E-state index in [4.69, 9.17) is 5.73 Å². The van der Waals surface area contributed by atoms with Crippen LogP contribution in [0.5, 0.6) is 0 Å². The fraction of sp³-hybridized carbons (Fsp3) is 0.455. The molecule has 8 nitrogen and oxygen atoms in total. The van der Waals surface area contributed by atoms with E-state index in [1.807, 2.05) is 6.92 Å². The number of hydrogen-bond acceptors (Lipinski definition) is 6. The lowest BCUT2D eigenvalue weighted by atomic mass is 10.3. The zero-order valence-electron chi connectivity index (χ0n) is 10.7. The zero-order chi connectivity index (χ0) is 14.3. The topological polar surface area (TPSA) is 123 Å². The van der Waals surface area contributed by atoms with Crippen molar-refractivity contribution in [3.63, 3.8) is 0 Å². The van der Waals surface area contributed by atoms with Crippen LogP contribution in [0.15, 0.2) is 12.1 Å². The first-order chi connectivity index (χ1) is 9.04. The Balaban J connectivity index is 2.55. The minimum Gasteiger partial charge on any atom is -0.384 e. The Morgan fingerprint density at radius 3 is 2.84 bits per heavy atom. The third-order valence-electron chi connectivity index (χ3n) is 2.31. The Morgan fingerprint density at radius 2 is 2.21 bits per heavy atom. The molecule has 0 spiro atoms. The van der Waals surface area contributed by atoms with Crippen LogP contribution >= 0.6 is 0 Å². The van der Waals surface area contributed by atoms with Gasteiger partial charge >= 0.3 is 5.69 Å². The van der Waals surface area contributed by atoms with Crippen LogP contribution in [0.3, 0.4) is 0 Å². The van der Waals surface area contributed by atoms with Crippen LogP contribution in [0, 0.1) is 10.1 Å². The van der Waals surface area contributed by atoms with Gasteiger partial charge in [-0.2, -0.15) is 0 Å². The van der Waals surface area contributed by atoms with Crippen molar-refractivity contribution in [3.8, 4) is 0 Å². The van der Waals surface area contributed by atoms with Crippen molar-refractivity contribution in [2.45, 2.75) is 19.8 Å². The second-order valence-electron chi connectivity index (χ2n) is 3.89. The van der Waals surface area contributed by atoms with E-state index in [0.29, 0.717) is 6.54 Å². The fourth-order valence-corrected chi connectivity index (χ4v) is 1.39. The minimum atomic E-state index is -0.550. The lowest BCUT2D eigenvalue weighted by Crippen LogP contribution is -2.26. The summed E-state index contributed by atoms with van der Waals surface area (Å²) in [6, 6.07) is 2.64. The number of rotatable bonds is 7. The number of carbonyl (C=O) groups is 1. The van der Waals surface area contributed by atoms with Crippen LogP contribution < -0.4 is 16.4 Å². The van der Waals surface area contributed by atoms with Gasteiger partial charge in [-0.05, 0) is 12.5 Å². The number of nitrogens with one attached hydrogen (secondary N) is 2. The summed E-state index contributed by atoms with van der Waals surface area (Å²) in [6.45, 7) is 2.83. The highest BCUT2D eigenvalue weighted by Gasteiger charge is 2.15. The molecule has 0 bridgehead atoms. The molecule has 0 aliphatic heterocycles. The lowest BCUT2D eigenvalue weighted by molar-refractivity contribution is -0.384. The molecule has 0 aliphatic rings. The van der Waals surface area contributed by atoms with Crippen LogP contribution in [-0.2, 0) is 4.79 Å². The Bertz CT molecular complexity index is 464. The molecule has 0 unspecified atom stereocenters. The second-order valence-corrected chi connectivity index (χ2v) is 3.89. The zero-order valence-corrected chi connectivity index (χ0v) is 10.7. The van der Waals surface area contributed by atoms with Gasteiger partial charge in [-0.3, -0.25) is 14.9 Å². The molecular weight excluding hydrogens is 250 g/mol. The fourth-order valence-electron chi connectivity index (χ4n) is 1.39. The Hall–Kier alpha value is -2.38. The maximum atomic E-state index is 11.3. The molecule has 4 N–H and O–H groups in total. The molecule has 19 heavy (non-hydrogen) atoms. The van der Waals surface area contributed by atoms with Crippen molar-refractivity contribution in [2.75, 3.05) is 24.1 Å². The second kappa shape index (κ2) is 7.14. The van der Waals surface area contributed by atoms with Gasteiger partial charge in [0.2, 0.25) is 11.7 Å². The summed E-state index contributed by atoms with van der Waals surface area (Å²) in [4.78, 5) is 25.4. The van der Waals surface area contributed by atoms with Crippen molar-refractivity contribution in [1.82, 2.24) is 10.3 Å². The number of pyridine rings is 1. The molecule has 0 saturated heterocycles. The number of carbonyl (C=O) groups excluding carboxylic acids is 1. The Morgan fingerprint density at radius 1 is 1.47 bits per heavy atom. The monoisotopic (exact) mass is 267 g/mol. The summed E-state index contributed by atoms with van der Waals surface area (Å²) in [5.41, 5.74) is 5.31. The number of nitrogens with zero attached hydrogens (tertiary/aromatic N) is 2. The first-order valence-corrected chi connectivity index (χ1v) is 5.96. The van der Waals surface area contributed by atoms with Gasteiger partial charge in [-0.1, -0.05) is 6.92 Å². The van der Waals surface area contributed by atoms with Crippen LogP contribution in [0.1, 0.15) is 19.8 Å². The van der Waals surface area contributed by atoms with Crippen molar-refractivity contribution in [3.05, 3.63) is 22.2 Å². The van der Waals surface area contributed by atoms with Gasteiger partial charge in [-0.25, -0.2) is 4.98 Å². The number of nitrogens with two attached hydrogens (primary N) is 1. The van der Waals surface area contributed by atoms with Gasteiger partial charge in [0.25, 0.3) is 0 Å². The van der Waals surface area contributed by atoms with E-state index in [9.17, 15) is 14.9 Å². The third kappa shape index (κ3) is 4.78. The number of amides is 1. The van der Waals surface area contributed by atoms with Gasteiger partial charge in [0.1, 0.15) is 5.82 Å². The summed E-state index contributed by atoms with van der Waals surface area (Å²) in [5, 5.41) is 16.2. The Kier molecular flexibility index (Phi) is 5.52. The smallest absolute Gasteiger partial charge is 0.311 e. The van der Waals surface area contributed by atoms with Gasteiger partial charge in [0.15, 0.2) is 0 Å². The molecule has 1 rings (SSSR count). The van der Waals surface area contributed by atoms with E-state index in [1.165, 1.54) is 12.1 Å². The average molecular weight is 267 g/mol. The molecule has 1 aromatic heterocycles. The quantitative estimate of drug-likeness (QED) is 0.498. The summed E-state index contributed by atoms with van der Waals surface area (Å²) in [5.74, 6) is 0.151. The predicted molar refractivity (Wildman–Crippen MR) is 71.7 cm³/mol. The number of hydrogen-bond donors (Lipinski definition) is 3. The first-order valence-electron chi connectivity index (χ1n) is 5.96. The van der Waals surface area contributed by atoms with Crippen molar-refractivity contribution >= 4 is 23.2 Å². The SMILES string of the molecule is CCCNC(=O)CCNc1nc(N)ccc1[N+](=O)[O-]. The molecule has 0 atom stereocenters. The van der Waals surface area contributed by atoms with Gasteiger partial charge in [0, 0.05) is 25.6 Å². The number of nitrogen functional groups attached to an aromatic ring is 1. The largest absolute Gasteiger partial charge is 0.384 e. The highest BCUT2D eigenvalue weighted by molar-refractivity contribution is 5.76. The molecular formula is C11H17N5O3. The van der Waals surface area contributed by atoms with Gasteiger partial charge in [-0.15, -0.1) is 0 Å². The molecule has 0 saturated carbocycles. The third-order valence-corrected chi connectivity index (χ3v) is 2.31. The summed E-state index contributed by atoms with van der Waals surface area (Å²) < 4.78 is 0. The maximum Gasteiger partial charge on any atom is 0.311 e. The normalized spacial score (nSPS) is 9.95. The molecule has 0 fully saturated rings. The molecule has 1 amide bonds. The van der Waals surface area contributed by atoms with Crippen LogP contribution in [0.25, 0.3) is 0 Å². The van der Waals surface area contributed by atoms with Crippen LogP contribution in [0.2, 0.25) is 0 Å². The van der Waals surface area contributed by atoms with E-state index in [-0.39, 0.29) is 36.2 Å². The van der Waals surface area contributed by atoms with Crippen molar-refractivity contribution < 1.29 is 9.72 Å². The molecule has 104 valence electrons. The summed E-state index contributed by atoms with van der Waals surface area (Å²) in [7, 11) is 0. The van der Waals surface area contributed by atoms with Gasteiger partial charge < -0.3 is 16.4 Å². The Labute approximate surface area is 110 Å². The van der Waals surface area contributed by atoms with Crippen LogP contribution in [-0.4, -0.2) is 28.9 Å². The summed E-state index contributed by atoms with van der Waals surface area (Å²) in [6.07, 6.45) is 1.08. The van der Waals surface area contributed by atoms with Crippen molar-refractivity contribution in [1.29, 1.82) is 0 Å². The van der Waals surface area contributed by atoms with Crippen LogP contribution in [0.4, 0.5) is 17.3 Å². The van der Waals surface area contributed by atoms with E-state index in [2.05, 4.69) is 15.6 Å². The van der Waals surface area contributed by atoms with E-state index in [0.717, 1.165) is 6.42 Å². The lowest BCUT2D eigenvalue weighted by Gasteiger charge is -2.07. The molecule has 0 aromatic carbocycles. The number of nitro groups is 1. The molecule has 8 heteroatoms. The highest BCUT2D eigenvalue weighted by atomic mass is 16.6. The summed E-state index contributed by atoms with van der Waals surface area (Å²) >= 11 is 0. The van der Waals surface area contributed by atoms with E-state index in [1.54, 1.807) is 0 Å². The molecule has 0 aliphatic carbocycles. The highest BCUT2D eigenvalue weighted by Crippen LogP contribution is 2.22. The first kappa shape index (κ1) is 14.7. The maximum absolute atomic E-state index is 11.3. The van der Waals surface area contributed by atoms with Crippen molar-refractivity contribution in [2.24, 2.45) is 0 Å². The number of anilines is 2. The molecule has 0 radical (unpaired) electrons. The number of aromatic nitrogens is 1. The predicted octanol–water partition coefficient (Wildman–Crippen LogP) is 0.900. The van der Waals surface area contributed by atoms with E-state index >= 15 is 0 Å². The van der Waals surface area contributed by atoms with E-state index < -0.39 is 4.92 Å². The standard InChI is InChI=1S/C11H17N5O3/c1-2-6-13-10(17)5-7-14-11-8(16(18)19)3-4-9(12)15-11/h3-4H,2,5-7H2,1H3,(H,13,17)(H3,12,14,15). The van der Waals surface area contributed by atoms with Gasteiger partial charge in [0.05, 0.1) is 4.92 Å². The average Bonchev–Trinajstić information content (AvgIpc) is 2.36. The minimum absolute atomic E-state index is 0.0771.